The molecule has 1 saturated heterocycles. The van der Waals surface area contributed by atoms with Crippen molar-refractivity contribution in [2.45, 2.75) is 65.3 Å². The van der Waals surface area contributed by atoms with E-state index < -0.39 is 0 Å². The second-order valence-electron chi connectivity index (χ2n) is 6.46. The Morgan fingerprint density at radius 2 is 1.76 bits per heavy atom. The van der Waals surface area contributed by atoms with Crippen molar-refractivity contribution in [3.63, 3.8) is 0 Å². The van der Waals surface area contributed by atoms with E-state index in [4.69, 9.17) is 0 Å². The van der Waals surface area contributed by atoms with Crippen molar-refractivity contribution in [3.05, 3.63) is 34.9 Å². The minimum Gasteiger partial charge on any atom is -0.297 e. The molecule has 2 heteroatoms. The lowest BCUT2D eigenvalue weighted by atomic mass is 9.82. The summed E-state index contributed by atoms with van der Waals surface area (Å²) in [5.41, 5.74) is 3.43. The molecule has 0 aromatic heterocycles. The average Bonchev–Trinajstić information content (AvgIpc) is 2.99. The lowest BCUT2D eigenvalue weighted by molar-refractivity contribution is -0.130. The molecule has 1 fully saturated rings. The van der Waals surface area contributed by atoms with Gasteiger partial charge in [0.25, 0.3) is 0 Å². The van der Waals surface area contributed by atoms with E-state index in [0.717, 1.165) is 25.9 Å². The van der Waals surface area contributed by atoms with Gasteiger partial charge in [0.05, 0.1) is 5.54 Å². The first kappa shape index (κ1) is 16.2. The van der Waals surface area contributed by atoms with Crippen molar-refractivity contribution in [3.8, 4) is 0 Å². The van der Waals surface area contributed by atoms with Gasteiger partial charge in [-0.15, -0.1) is 0 Å². The molecule has 0 radical (unpaired) electrons. The molecule has 0 saturated carbocycles. The van der Waals surface area contributed by atoms with Gasteiger partial charge < -0.3 is 0 Å². The molecule has 0 bridgehead atoms. The molecule has 0 atom stereocenters. The highest BCUT2D eigenvalue weighted by molar-refractivity contribution is 5.90. The number of rotatable bonds is 6. The predicted molar refractivity (Wildman–Crippen MR) is 88.7 cm³/mol. The number of benzene rings is 1. The zero-order valence-electron chi connectivity index (χ0n) is 14.0. The highest BCUT2D eigenvalue weighted by atomic mass is 16.1. The van der Waals surface area contributed by atoms with E-state index in [2.05, 4.69) is 50.8 Å². The number of hydrogen-bond donors (Lipinski definition) is 0. The summed E-state index contributed by atoms with van der Waals surface area (Å²) in [4.78, 5) is 15.6. The summed E-state index contributed by atoms with van der Waals surface area (Å²) in [6.45, 7) is 10.7. The van der Waals surface area contributed by atoms with Crippen molar-refractivity contribution in [1.82, 2.24) is 4.90 Å². The Morgan fingerprint density at radius 1 is 1.14 bits per heavy atom. The number of likely N-dealkylation sites (tertiary alicyclic amines) is 1. The molecule has 1 aliphatic heterocycles. The maximum absolute atomic E-state index is 13.1. The van der Waals surface area contributed by atoms with Gasteiger partial charge in [0, 0.05) is 6.42 Å². The largest absolute Gasteiger partial charge is 0.297 e. The Bertz CT molecular complexity index is 496. The fourth-order valence-electron chi connectivity index (χ4n) is 3.74. The first-order valence-corrected chi connectivity index (χ1v) is 8.38. The van der Waals surface area contributed by atoms with Gasteiger partial charge in [-0.25, -0.2) is 0 Å². The molecule has 0 amide bonds. The second kappa shape index (κ2) is 6.74. The van der Waals surface area contributed by atoms with Crippen LogP contribution in [-0.2, 0) is 11.2 Å². The molecular formula is C19H29NO. The van der Waals surface area contributed by atoms with Crippen LogP contribution in [0.4, 0.5) is 0 Å². The fraction of sp³-hybridized carbons (Fsp3) is 0.632. The Kier molecular flexibility index (Phi) is 5.21. The molecular weight excluding hydrogens is 258 g/mol. The molecule has 0 N–H and O–H groups in total. The third-order valence-electron chi connectivity index (χ3n) is 5.26. The van der Waals surface area contributed by atoms with Crippen molar-refractivity contribution < 1.29 is 4.79 Å². The molecule has 2 nitrogen and oxygen atoms in total. The molecule has 116 valence electrons. The summed E-state index contributed by atoms with van der Waals surface area (Å²) in [6.07, 6.45) is 4.89. The number of Topliss-reactive ketones (excluding diaryl/α,β-unsaturated/α-hetero) is 1. The van der Waals surface area contributed by atoms with Crippen LogP contribution >= 0.6 is 0 Å². The van der Waals surface area contributed by atoms with E-state index in [9.17, 15) is 4.79 Å². The lowest BCUT2D eigenvalue weighted by Crippen LogP contribution is -2.53. The Balaban J connectivity index is 2.24. The van der Waals surface area contributed by atoms with E-state index >= 15 is 0 Å². The first-order chi connectivity index (χ1) is 10.0. The van der Waals surface area contributed by atoms with E-state index in [1.165, 1.54) is 29.5 Å². The minimum absolute atomic E-state index is 0.243. The average molecular weight is 287 g/mol. The predicted octanol–water partition coefficient (Wildman–Crippen LogP) is 4.07. The second-order valence-corrected chi connectivity index (χ2v) is 6.46. The summed E-state index contributed by atoms with van der Waals surface area (Å²) in [7, 11) is 0. The van der Waals surface area contributed by atoms with Crippen LogP contribution in [0.1, 0.15) is 56.2 Å². The zero-order valence-corrected chi connectivity index (χ0v) is 14.0. The molecule has 0 aliphatic carbocycles. The van der Waals surface area contributed by atoms with Crippen molar-refractivity contribution in [2.75, 3.05) is 13.1 Å². The van der Waals surface area contributed by atoms with Crippen LogP contribution in [0.3, 0.4) is 0 Å². The Hall–Kier alpha value is -1.15. The summed E-state index contributed by atoms with van der Waals surface area (Å²) >= 11 is 0. The quantitative estimate of drug-likeness (QED) is 0.786. The number of ketones is 1. The number of carbonyl (C=O) groups is 1. The summed E-state index contributed by atoms with van der Waals surface area (Å²) < 4.78 is 0. The van der Waals surface area contributed by atoms with Gasteiger partial charge in [-0.1, -0.05) is 37.6 Å². The zero-order chi connectivity index (χ0) is 15.5. The van der Waals surface area contributed by atoms with Gasteiger partial charge in [0.2, 0.25) is 0 Å². The van der Waals surface area contributed by atoms with E-state index in [1.807, 2.05) is 0 Å². The normalized spacial score (nSPS) is 16.4. The maximum Gasteiger partial charge on any atom is 0.157 e. The third kappa shape index (κ3) is 3.21. The fourth-order valence-corrected chi connectivity index (χ4v) is 3.74. The van der Waals surface area contributed by atoms with Crippen molar-refractivity contribution >= 4 is 5.78 Å². The van der Waals surface area contributed by atoms with Crippen LogP contribution in [-0.4, -0.2) is 29.3 Å². The number of carbonyl (C=O) groups excluding carboxylic acids is 1. The van der Waals surface area contributed by atoms with E-state index in [1.54, 1.807) is 0 Å². The van der Waals surface area contributed by atoms with E-state index in [-0.39, 0.29) is 5.54 Å². The molecule has 1 aromatic carbocycles. The molecule has 1 aliphatic rings. The monoisotopic (exact) mass is 287 g/mol. The van der Waals surface area contributed by atoms with Crippen molar-refractivity contribution in [1.29, 1.82) is 0 Å². The molecule has 0 unspecified atom stereocenters. The Morgan fingerprint density at radius 3 is 2.33 bits per heavy atom. The number of nitrogens with zero attached hydrogens (tertiary/aromatic N) is 1. The minimum atomic E-state index is -0.243. The molecule has 0 spiro atoms. The van der Waals surface area contributed by atoms with Crippen LogP contribution in [0.2, 0.25) is 0 Å². The van der Waals surface area contributed by atoms with E-state index in [0.29, 0.717) is 12.2 Å². The van der Waals surface area contributed by atoms with Crippen LogP contribution in [0, 0.1) is 13.8 Å². The van der Waals surface area contributed by atoms with Gasteiger partial charge in [-0.05, 0) is 63.7 Å². The lowest BCUT2D eigenvalue weighted by Gasteiger charge is -2.39. The van der Waals surface area contributed by atoms with Crippen molar-refractivity contribution in [2.24, 2.45) is 0 Å². The van der Waals surface area contributed by atoms with Gasteiger partial charge >= 0.3 is 0 Å². The van der Waals surface area contributed by atoms with Crippen LogP contribution < -0.4 is 0 Å². The van der Waals surface area contributed by atoms with Crippen LogP contribution in [0.5, 0.6) is 0 Å². The summed E-state index contributed by atoms with van der Waals surface area (Å²) in [6, 6.07) is 6.43. The van der Waals surface area contributed by atoms with Crippen LogP contribution in [0.15, 0.2) is 18.2 Å². The smallest absolute Gasteiger partial charge is 0.157 e. The third-order valence-corrected chi connectivity index (χ3v) is 5.26. The van der Waals surface area contributed by atoms with Gasteiger partial charge in [0.1, 0.15) is 0 Å². The molecule has 21 heavy (non-hydrogen) atoms. The topological polar surface area (TPSA) is 20.3 Å². The maximum atomic E-state index is 13.1. The highest BCUT2D eigenvalue weighted by Crippen LogP contribution is 2.30. The number of aryl methyl sites for hydroxylation is 2. The van der Waals surface area contributed by atoms with Gasteiger partial charge in [-0.2, -0.15) is 0 Å². The standard InChI is InChI=1S/C19H29NO/c1-5-19(6-2,20-11-7-8-12-20)18(21)14-17-13-15(3)9-10-16(17)4/h9-10,13H,5-8,11-12,14H2,1-4H3. The molecule has 2 rings (SSSR count). The first-order valence-electron chi connectivity index (χ1n) is 8.38. The van der Waals surface area contributed by atoms with Gasteiger partial charge in [-0.3, -0.25) is 9.69 Å². The molecule has 1 heterocycles. The van der Waals surface area contributed by atoms with Gasteiger partial charge in [0.15, 0.2) is 5.78 Å². The Labute approximate surface area is 129 Å². The number of hydrogen-bond acceptors (Lipinski definition) is 2. The highest BCUT2D eigenvalue weighted by Gasteiger charge is 2.41. The summed E-state index contributed by atoms with van der Waals surface area (Å²) in [5, 5.41) is 0. The summed E-state index contributed by atoms with van der Waals surface area (Å²) in [5.74, 6) is 0.406. The SMILES string of the molecule is CCC(CC)(C(=O)Cc1cc(C)ccc1C)N1CCCC1. The van der Waals surface area contributed by atoms with Crippen LogP contribution in [0.25, 0.3) is 0 Å². The molecule has 1 aromatic rings.